The molecule has 0 heteroatoms. The summed E-state index contributed by atoms with van der Waals surface area (Å²) in [5.74, 6) is 3.90. The summed E-state index contributed by atoms with van der Waals surface area (Å²) >= 11 is 0. The molecule has 80 valence electrons. The van der Waals surface area contributed by atoms with Gasteiger partial charge in [0.2, 0.25) is 0 Å². The van der Waals surface area contributed by atoms with Gasteiger partial charge in [-0.1, -0.05) is 45.3 Å². The van der Waals surface area contributed by atoms with Crippen LogP contribution in [0.1, 0.15) is 52.4 Å². The maximum atomic E-state index is 2.48. The molecular weight excluding hydrogens is 168 g/mol. The van der Waals surface area contributed by atoms with E-state index in [-0.39, 0.29) is 0 Å². The van der Waals surface area contributed by atoms with Gasteiger partial charge >= 0.3 is 0 Å². The fraction of sp³-hybridized carbons (Fsp3) is 0.857. The van der Waals surface area contributed by atoms with E-state index in [1.54, 1.807) is 0 Å². The van der Waals surface area contributed by atoms with Crippen LogP contribution in [-0.2, 0) is 0 Å². The Morgan fingerprint density at radius 2 is 1.50 bits per heavy atom. The van der Waals surface area contributed by atoms with E-state index in [9.17, 15) is 0 Å². The summed E-state index contributed by atoms with van der Waals surface area (Å²) in [5.41, 5.74) is 0. The molecule has 0 N–H and O–H groups in total. The maximum Gasteiger partial charge on any atom is -0.0317 e. The minimum Gasteiger partial charge on any atom is -0.0883 e. The van der Waals surface area contributed by atoms with E-state index in [0.29, 0.717) is 0 Å². The molecule has 0 bridgehead atoms. The first-order valence-corrected chi connectivity index (χ1v) is 6.44. The molecule has 0 aromatic rings. The second kappa shape index (κ2) is 4.51. The monoisotopic (exact) mass is 192 g/mol. The Morgan fingerprint density at radius 1 is 0.786 bits per heavy atom. The van der Waals surface area contributed by atoms with Crippen LogP contribution in [0.3, 0.4) is 0 Å². The average Bonchev–Trinajstić information content (AvgIpc) is 2.45. The van der Waals surface area contributed by atoms with Crippen LogP contribution >= 0.6 is 0 Å². The molecule has 0 heterocycles. The summed E-state index contributed by atoms with van der Waals surface area (Å²) in [6, 6.07) is 0. The van der Waals surface area contributed by atoms with Gasteiger partial charge in [0.1, 0.15) is 0 Å². The molecule has 0 aromatic heterocycles. The quantitative estimate of drug-likeness (QED) is 0.499. The van der Waals surface area contributed by atoms with E-state index in [4.69, 9.17) is 0 Å². The predicted molar refractivity (Wildman–Crippen MR) is 62.2 cm³/mol. The fourth-order valence-electron chi connectivity index (χ4n) is 3.55. The zero-order valence-electron chi connectivity index (χ0n) is 9.71. The van der Waals surface area contributed by atoms with E-state index >= 15 is 0 Å². The third-order valence-electron chi connectivity index (χ3n) is 4.54. The van der Waals surface area contributed by atoms with Crippen molar-refractivity contribution in [3.8, 4) is 0 Å². The lowest BCUT2D eigenvalue weighted by Gasteiger charge is -2.31. The largest absolute Gasteiger partial charge is 0.0883 e. The van der Waals surface area contributed by atoms with Crippen LogP contribution in [-0.4, -0.2) is 0 Å². The number of rotatable bonds is 0. The van der Waals surface area contributed by atoms with Gasteiger partial charge in [0.15, 0.2) is 0 Å². The third kappa shape index (κ3) is 2.04. The molecule has 0 aromatic carbocycles. The Labute approximate surface area is 88.8 Å². The van der Waals surface area contributed by atoms with Crippen LogP contribution in [0.25, 0.3) is 0 Å². The maximum absolute atomic E-state index is 2.48. The lowest BCUT2D eigenvalue weighted by molar-refractivity contribution is 0.187. The zero-order chi connectivity index (χ0) is 9.97. The molecule has 0 saturated heterocycles. The zero-order valence-corrected chi connectivity index (χ0v) is 9.71. The van der Waals surface area contributed by atoms with Crippen LogP contribution in [0.5, 0.6) is 0 Å². The Hall–Kier alpha value is -0.260. The van der Waals surface area contributed by atoms with Crippen LogP contribution in [0, 0.1) is 23.7 Å². The Morgan fingerprint density at radius 3 is 2.36 bits per heavy atom. The first kappa shape index (κ1) is 10.3. The van der Waals surface area contributed by atoms with Gasteiger partial charge in [0.25, 0.3) is 0 Å². The number of hydrogen-bond donors (Lipinski definition) is 0. The van der Waals surface area contributed by atoms with Crippen molar-refractivity contribution in [3.05, 3.63) is 12.2 Å². The fourth-order valence-corrected chi connectivity index (χ4v) is 3.55. The van der Waals surface area contributed by atoms with Crippen molar-refractivity contribution in [1.29, 1.82) is 0 Å². The summed E-state index contributed by atoms with van der Waals surface area (Å²) in [4.78, 5) is 0. The van der Waals surface area contributed by atoms with E-state index in [0.717, 1.165) is 23.7 Å². The van der Waals surface area contributed by atoms with Gasteiger partial charge in [-0.05, 0) is 42.9 Å². The third-order valence-corrected chi connectivity index (χ3v) is 4.54. The van der Waals surface area contributed by atoms with Gasteiger partial charge in [-0.3, -0.25) is 0 Å². The SMILES string of the molecule is CC1CCCCC2C(C)CC=CCC12. The second-order valence-corrected chi connectivity index (χ2v) is 5.51. The minimum absolute atomic E-state index is 0.930. The van der Waals surface area contributed by atoms with Gasteiger partial charge in [-0.25, -0.2) is 0 Å². The van der Waals surface area contributed by atoms with Gasteiger partial charge in [0, 0.05) is 0 Å². The summed E-state index contributed by atoms with van der Waals surface area (Å²) < 4.78 is 0. The van der Waals surface area contributed by atoms with Gasteiger partial charge in [0.05, 0.1) is 0 Å². The Bertz CT molecular complexity index is 204. The highest BCUT2D eigenvalue weighted by Crippen LogP contribution is 2.42. The molecule has 4 atom stereocenters. The summed E-state index contributed by atoms with van der Waals surface area (Å²) in [7, 11) is 0. The highest BCUT2D eigenvalue weighted by Gasteiger charge is 2.32. The smallest absolute Gasteiger partial charge is 0.0317 e. The van der Waals surface area contributed by atoms with Crippen molar-refractivity contribution >= 4 is 0 Å². The normalized spacial score (nSPS) is 43.9. The molecule has 2 rings (SSSR count). The summed E-state index contributed by atoms with van der Waals surface area (Å²) in [5, 5.41) is 0. The van der Waals surface area contributed by atoms with Gasteiger partial charge in [-0.15, -0.1) is 0 Å². The minimum atomic E-state index is 0.930. The topological polar surface area (TPSA) is 0 Å². The molecule has 0 radical (unpaired) electrons. The molecule has 0 spiro atoms. The lowest BCUT2D eigenvalue weighted by Crippen LogP contribution is -2.23. The predicted octanol–water partition coefficient (Wildman–Crippen LogP) is 4.42. The molecule has 1 fully saturated rings. The summed E-state index contributed by atoms with van der Waals surface area (Å²) in [6.45, 7) is 4.94. The van der Waals surface area contributed by atoms with Crippen LogP contribution < -0.4 is 0 Å². The molecule has 14 heavy (non-hydrogen) atoms. The Kier molecular flexibility index (Phi) is 3.30. The van der Waals surface area contributed by atoms with Crippen molar-refractivity contribution in [3.63, 3.8) is 0 Å². The van der Waals surface area contributed by atoms with Crippen molar-refractivity contribution < 1.29 is 0 Å². The molecule has 2 aliphatic carbocycles. The molecule has 0 amide bonds. The van der Waals surface area contributed by atoms with E-state index in [1.165, 1.54) is 38.5 Å². The molecule has 1 saturated carbocycles. The van der Waals surface area contributed by atoms with Gasteiger partial charge < -0.3 is 0 Å². The number of allylic oxidation sites excluding steroid dienone is 2. The molecule has 4 unspecified atom stereocenters. The molecular formula is C14H24. The van der Waals surface area contributed by atoms with Crippen LogP contribution in [0.2, 0.25) is 0 Å². The number of fused-ring (bicyclic) bond motifs is 1. The van der Waals surface area contributed by atoms with E-state index in [2.05, 4.69) is 26.0 Å². The molecule has 0 nitrogen and oxygen atoms in total. The van der Waals surface area contributed by atoms with Crippen molar-refractivity contribution in [1.82, 2.24) is 0 Å². The van der Waals surface area contributed by atoms with Crippen molar-refractivity contribution in [2.24, 2.45) is 23.7 Å². The van der Waals surface area contributed by atoms with Gasteiger partial charge in [-0.2, -0.15) is 0 Å². The second-order valence-electron chi connectivity index (χ2n) is 5.51. The van der Waals surface area contributed by atoms with Crippen molar-refractivity contribution in [2.45, 2.75) is 52.4 Å². The number of hydrogen-bond acceptors (Lipinski definition) is 0. The van der Waals surface area contributed by atoms with E-state index in [1.807, 2.05) is 0 Å². The molecule has 2 aliphatic rings. The highest BCUT2D eigenvalue weighted by atomic mass is 14.4. The van der Waals surface area contributed by atoms with Crippen LogP contribution in [0.15, 0.2) is 12.2 Å². The summed E-state index contributed by atoms with van der Waals surface area (Å²) in [6.07, 6.45) is 13.5. The Balaban J connectivity index is 2.14. The highest BCUT2D eigenvalue weighted by molar-refractivity contribution is 4.95. The van der Waals surface area contributed by atoms with Crippen LogP contribution in [0.4, 0.5) is 0 Å². The van der Waals surface area contributed by atoms with E-state index < -0.39 is 0 Å². The average molecular weight is 192 g/mol. The first-order chi connectivity index (χ1) is 6.79. The van der Waals surface area contributed by atoms with Crippen molar-refractivity contribution in [2.75, 3.05) is 0 Å². The first-order valence-electron chi connectivity index (χ1n) is 6.44. The lowest BCUT2D eigenvalue weighted by atomic mass is 9.74. The molecule has 0 aliphatic heterocycles. The standard InChI is InChI=1S/C14H24/c1-11-7-3-5-10-14-12(2)8-4-6-9-13(11)14/h3,5,11-14H,4,6-10H2,1-2H3.